The summed E-state index contributed by atoms with van der Waals surface area (Å²) in [5, 5.41) is 0. The molecule has 2 nitrogen and oxygen atoms in total. The van der Waals surface area contributed by atoms with Gasteiger partial charge >= 0.3 is 0 Å². The molecule has 0 radical (unpaired) electrons. The maximum absolute atomic E-state index is 5.01. The number of rotatable bonds is 0. The van der Waals surface area contributed by atoms with Gasteiger partial charge in [0.25, 0.3) is 0 Å². The highest BCUT2D eigenvalue weighted by Gasteiger charge is 2.08. The Morgan fingerprint density at radius 2 is 1.45 bits per heavy atom. The average molecular weight is 168 g/mol. The molecule has 1 aliphatic rings. The molecule has 0 atom stereocenters. The third-order valence-corrected chi connectivity index (χ3v) is 2.45. The molecule has 0 aliphatic heterocycles. The van der Waals surface area contributed by atoms with Crippen LogP contribution in [0.3, 0.4) is 0 Å². The maximum Gasteiger partial charge on any atom is 0.174 e. The van der Waals surface area contributed by atoms with Crippen LogP contribution in [0.4, 0.5) is 0 Å². The van der Waals surface area contributed by atoms with E-state index in [1.54, 1.807) is 0 Å². The van der Waals surface area contributed by atoms with Crippen molar-refractivity contribution in [3.63, 3.8) is 0 Å². The van der Waals surface area contributed by atoms with E-state index in [4.69, 9.17) is 12.2 Å². The van der Waals surface area contributed by atoms with Crippen LogP contribution >= 0.6 is 12.2 Å². The minimum absolute atomic E-state index is 0.789. The van der Waals surface area contributed by atoms with Gasteiger partial charge in [-0.1, -0.05) is 6.42 Å². The van der Waals surface area contributed by atoms with Crippen molar-refractivity contribution in [3.8, 4) is 0 Å². The molecule has 1 aliphatic carbocycles. The third kappa shape index (κ3) is 1.38. The van der Waals surface area contributed by atoms with Crippen molar-refractivity contribution in [2.24, 2.45) is 0 Å². The highest BCUT2D eigenvalue weighted by atomic mass is 32.1. The summed E-state index contributed by atoms with van der Waals surface area (Å²) < 4.78 is 0.789. The van der Waals surface area contributed by atoms with Crippen LogP contribution in [0, 0.1) is 4.77 Å². The first-order valence-electron chi connectivity index (χ1n) is 4.16. The summed E-state index contributed by atoms with van der Waals surface area (Å²) >= 11 is 5.01. The largest absolute Gasteiger partial charge is 0.334 e. The van der Waals surface area contributed by atoms with Gasteiger partial charge in [-0.2, -0.15) is 0 Å². The van der Waals surface area contributed by atoms with Crippen LogP contribution < -0.4 is 0 Å². The Kier molecular flexibility index (Phi) is 1.82. The lowest BCUT2D eigenvalue weighted by Crippen LogP contribution is -1.87. The zero-order chi connectivity index (χ0) is 7.68. The fourth-order valence-electron chi connectivity index (χ4n) is 1.66. The number of aryl methyl sites for hydroxylation is 2. The molecular weight excluding hydrogens is 156 g/mol. The quantitative estimate of drug-likeness (QED) is 0.452. The fraction of sp³-hybridized carbons (Fsp3) is 0.625. The topological polar surface area (TPSA) is 31.6 Å². The second-order valence-electron chi connectivity index (χ2n) is 3.10. The van der Waals surface area contributed by atoms with Gasteiger partial charge in [-0.25, -0.2) is 0 Å². The van der Waals surface area contributed by atoms with Crippen molar-refractivity contribution in [2.75, 3.05) is 0 Å². The highest BCUT2D eigenvalue weighted by molar-refractivity contribution is 7.71. The summed E-state index contributed by atoms with van der Waals surface area (Å²) in [5.74, 6) is 0. The minimum atomic E-state index is 0.789. The average Bonchev–Trinajstić information content (AvgIpc) is 2.17. The van der Waals surface area contributed by atoms with Crippen molar-refractivity contribution in [1.82, 2.24) is 9.97 Å². The summed E-state index contributed by atoms with van der Waals surface area (Å²) in [6.07, 6.45) is 6.29. The molecule has 0 aromatic carbocycles. The lowest BCUT2D eigenvalue weighted by molar-refractivity contribution is 0.702. The zero-order valence-corrected chi connectivity index (χ0v) is 7.26. The van der Waals surface area contributed by atoms with Crippen LogP contribution in [0.1, 0.15) is 30.7 Å². The monoisotopic (exact) mass is 168 g/mol. The van der Waals surface area contributed by atoms with Crippen molar-refractivity contribution < 1.29 is 0 Å². The second kappa shape index (κ2) is 2.81. The number of hydrogen-bond acceptors (Lipinski definition) is 1. The SMILES string of the molecule is S=c1[nH]c2c([nH]1)CCCCC2. The van der Waals surface area contributed by atoms with E-state index in [0.717, 1.165) is 4.77 Å². The fourth-order valence-corrected chi connectivity index (χ4v) is 1.91. The van der Waals surface area contributed by atoms with Crippen LogP contribution in [-0.2, 0) is 12.8 Å². The summed E-state index contributed by atoms with van der Waals surface area (Å²) in [6.45, 7) is 0. The normalized spacial score (nSPS) is 17.5. The molecule has 0 saturated carbocycles. The molecule has 0 saturated heterocycles. The molecular formula is C8H12N2S. The zero-order valence-electron chi connectivity index (χ0n) is 6.44. The Morgan fingerprint density at radius 3 is 2.00 bits per heavy atom. The van der Waals surface area contributed by atoms with E-state index in [1.165, 1.54) is 43.5 Å². The molecule has 1 aromatic heterocycles. The van der Waals surface area contributed by atoms with E-state index in [1.807, 2.05) is 0 Å². The number of aromatic nitrogens is 2. The van der Waals surface area contributed by atoms with E-state index in [9.17, 15) is 0 Å². The molecule has 0 bridgehead atoms. The first-order valence-corrected chi connectivity index (χ1v) is 4.57. The first-order chi connectivity index (χ1) is 5.36. The van der Waals surface area contributed by atoms with Gasteiger partial charge in [0.15, 0.2) is 4.77 Å². The molecule has 1 aromatic rings. The van der Waals surface area contributed by atoms with Gasteiger partial charge in [-0.05, 0) is 37.9 Å². The lowest BCUT2D eigenvalue weighted by Gasteiger charge is -1.92. The van der Waals surface area contributed by atoms with Gasteiger partial charge in [-0.3, -0.25) is 0 Å². The second-order valence-corrected chi connectivity index (χ2v) is 3.51. The lowest BCUT2D eigenvalue weighted by atomic mass is 10.2. The van der Waals surface area contributed by atoms with E-state index in [-0.39, 0.29) is 0 Å². The van der Waals surface area contributed by atoms with Crippen LogP contribution in [0.15, 0.2) is 0 Å². The number of aromatic amines is 2. The first kappa shape index (κ1) is 7.10. The summed E-state index contributed by atoms with van der Waals surface area (Å²) in [4.78, 5) is 6.39. The Labute approximate surface area is 71.0 Å². The Morgan fingerprint density at radius 1 is 0.909 bits per heavy atom. The summed E-state index contributed by atoms with van der Waals surface area (Å²) in [6, 6.07) is 0. The Balaban J connectivity index is 2.39. The molecule has 0 spiro atoms. The summed E-state index contributed by atoms with van der Waals surface area (Å²) in [5.41, 5.74) is 2.68. The molecule has 0 unspecified atom stereocenters. The third-order valence-electron chi connectivity index (χ3n) is 2.25. The van der Waals surface area contributed by atoms with Gasteiger partial charge in [0.05, 0.1) is 0 Å². The van der Waals surface area contributed by atoms with Crippen LogP contribution in [0.25, 0.3) is 0 Å². The molecule has 3 heteroatoms. The number of H-pyrrole nitrogens is 2. The number of hydrogen-bond donors (Lipinski definition) is 2. The number of imidazole rings is 1. The van der Waals surface area contributed by atoms with Gasteiger partial charge in [0.2, 0.25) is 0 Å². The summed E-state index contributed by atoms with van der Waals surface area (Å²) in [7, 11) is 0. The predicted octanol–water partition coefficient (Wildman–Crippen LogP) is 2.34. The Bertz CT molecular complexity index is 271. The molecule has 0 amide bonds. The van der Waals surface area contributed by atoms with Crippen LogP contribution in [-0.4, -0.2) is 9.97 Å². The van der Waals surface area contributed by atoms with E-state index < -0.39 is 0 Å². The number of fused-ring (bicyclic) bond motifs is 1. The standard InChI is InChI=1S/C8H12N2S/c11-8-9-6-4-2-1-3-5-7(6)10-8/h1-5H2,(H2,9,10,11). The van der Waals surface area contributed by atoms with Crippen molar-refractivity contribution in [1.29, 1.82) is 0 Å². The van der Waals surface area contributed by atoms with Crippen LogP contribution in [0.5, 0.6) is 0 Å². The van der Waals surface area contributed by atoms with Crippen molar-refractivity contribution in [3.05, 3.63) is 16.2 Å². The molecule has 2 rings (SSSR count). The number of nitrogens with one attached hydrogen (secondary N) is 2. The van der Waals surface area contributed by atoms with E-state index >= 15 is 0 Å². The van der Waals surface area contributed by atoms with Gasteiger partial charge in [-0.15, -0.1) is 0 Å². The van der Waals surface area contributed by atoms with Crippen molar-refractivity contribution >= 4 is 12.2 Å². The highest BCUT2D eigenvalue weighted by Crippen LogP contribution is 2.16. The molecule has 2 N–H and O–H groups in total. The minimum Gasteiger partial charge on any atom is -0.334 e. The maximum atomic E-state index is 5.01. The molecule has 0 fully saturated rings. The van der Waals surface area contributed by atoms with Gasteiger partial charge in [0, 0.05) is 11.4 Å². The van der Waals surface area contributed by atoms with Gasteiger partial charge in [0.1, 0.15) is 0 Å². The van der Waals surface area contributed by atoms with Crippen molar-refractivity contribution in [2.45, 2.75) is 32.1 Å². The van der Waals surface area contributed by atoms with E-state index in [0.29, 0.717) is 0 Å². The van der Waals surface area contributed by atoms with Gasteiger partial charge < -0.3 is 9.97 Å². The van der Waals surface area contributed by atoms with E-state index in [2.05, 4.69) is 9.97 Å². The Hall–Kier alpha value is -0.570. The predicted molar refractivity (Wildman–Crippen MR) is 47.2 cm³/mol. The molecule has 11 heavy (non-hydrogen) atoms. The molecule has 1 heterocycles. The van der Waals surface area contributed by atoms with Crippen LogP contribution in [0.2, 0.25) is 0 Å². The smallest absolute Gasteiger partial charge is 0.174 e. The molecule has 60 valence electrons.